The first kappa shape index (κ1) is 17.3. The zero-order valence-electron chi connectivity index (χ0n) is 13.1. The van der Waals surface area contributed by atoms with Crippen molar-refractivity contribution in [3.63, 3.8) is 0 Å². The standard InChI is InChI=1S/C16H25NO4/c1-4-5-8-21-9-6-7-17-16(18)13-10-14(19-2)12-15(11-13)20-3/h10-12H,4-9H2,1-3H3,(H,17,18). The molecule has 1 N–H and O–H groups in total. The summed E-state index contributed by atoms with van der Waals surface area (Å²) in [6.07, 6.45) is 3.01. The van der Waals surface area contributed by atoms with Gasteiger partial charge in [-0.2, -0.15) is 0 Å². The lowest BCUT2D eigenvalue weighted by molar-refractivity contribution is 0.0939. The van der Waals surface area contributed by atoms with Gasteiger partial charge in [-0.25, -0.2) is 0 Å². The van der Waals surface area contributed by atoms with Gasteiger partial charge in [-0.15, -0.1) is 0 Å². The second-order valence-electron chi connectivity index (χ2n) is 4.68. The minimum absolute atomic E-state index is 0.138. The Kier molecular flexibility index (Phi) is 8.28. The van der Waals surface area contributed by atoms with Crippen molar-refractivity contribution in [2.45, 2.75) is 26.2 Å². The first-order valence-electron chi connectivity index (χ1n) is 7.30. The van der Waals surface area contributed by atoms with Crippen LogP contribution in [-0.4, -0.2) is 39.9 Å². The number of ether oxygens (including phenoxy) is 3. The molecule has 0 unspecified atom stereocenters. The molecule has 0 radical (unpaired) electrons. The van der Waals surface area contributed by atoms with Crippen LogP contribution >= 0.6 is 0 Å². The Balaban J connectivity index is 2.38. The van der Waals surface area contributed by atoms with Crippen LogP contribution in [0, 0.1) is 0 Å². The number of rotatable bonds is 10. The minimum atomic E-state index is -0.138. The van der Waals surface area contributed by atoms with E-state index in [4.69, 9.17) is 14.2 Å². The highest BCUT2D eigenvalue weighted by Gasteiger charge is 2.09. The van der Waals surface area contributed by atoms with E-state index in [2.05, 4.69) is 12.2 Å². The van der Waals surface area contributed by atoms with E-state index >= 15 is 0 Å². The van der Waals surface area contributed by atoms with Crippen LogP contribution in [0.4, 0.5) is 0 Å². The predicted octanol–water partition coefficient (Wildman–Crippen LogP) is 2.64. The molecule has 21 heavy (non-hydrogen) atoms. The number of hydrogen-bond acceptors (Lipinski definition) is 4. The highest BCUT2D eigenvalue weighted by atomic mass is 16.5. The van der Waals surface area contributed by atoms with Crippen molar-refractivity contribution in [1.29, 1.82) is 0 Å². The number of benzene rings is 1. The van der Waals surface area contributed by atoms with Gasteiger partial charge in [-0.1, -0.05) is 13.3 Å². The molecule has 0 atom stereocenters. The van der Waals surface area contributed by atoms with Crippen molar-refractivity contribution in [2.75, 3.05) is 34.0 Å². The summed E-state index contributed by atoms with van der Waals surface area (Å²) >= 11 is 0. The molecular formula is C16H25NO4. The molecule has 0 bridgehead atoms. The largest absolute Gasteiger partial charge is 0.497 e. The van der Waals surface area contributed by atoms with Gasteiger partial charge in [0, 0.05) is 31.4 Å². The van der Waals surface area contributed by atoms with E-state index in [0.29, 0.717) is 30.2 Å². The predicted molar refractivity (Wildman–Crippen MR) is 82.2 cm³/mol. The van der Waals surface area contributed by atoms with E-state index in [1.807, 2.05) is 0 Å². The van der Waals surface area contributed by atoms with Crippen LogP contribution in [0.15, 0.2) is 18.2 Å². The molecule has 1 aromatic carbocycles. The Morgan fingerprint density at radius 3 is 2.24 bits per heavy atom. The van der Waals surface area contributed by atoms with Gasteiger partial charge in [-0.3, -0.25) is 4.79 Å². The molecule has 0 aliphatic rings. The van der Waals surface area contributed by atoms with Gasteiger partial charge in [0.25, 0.3) is 5.91 Å². The van der Waals surface area contributed by atoms with Crippen molar-refractivity contribution in [3.05, 3.63) is 23.8 Å². The molecule has 118 valence electrons. The number of carbonyl (C=O) groups is 1. The van der Waals surface area contributed by atoms with Gasteiger partial charge >= 0.3 is 0 Å². The summed E-state index contributed by atoms with van der Waals surface area (Å²) in [6, 6.07) is 5.11. The number of unbranched alkanes of at least 4 members (excludes halogenated alkanes) is 1. The molecule has 0 fully saturated rings. The van der Waals surface area contributed by atoms with Crippen LogP contribution in [0.2, 0.25) is 0 Å². The SMILES string of the molecule is CCCCOCCCNC(=O)c1cc(OC)cc(OC)c1. The topological polar surface area (TPSA) is 56.8 Å². The molecular weight excluding hydrogens is 270 g/mol. The average Bonchev–Trinajstić information content (AvgIpc) is 2.53. The molecule has 5 nitrogen and oxygen atoms in total. The zero-order valence-corrected chi connectivity index (χ0v) is 13.1. The van der Waals surface area contributed by atoms with Gasteiger partial charge in [0.05, 0.1) is 14.2 Å². The van der Waals surface area contributed by atoms with Crippen molar-refractivity contribution in [1.82, 2.24) is 5.32 Å². The van der Waals surface area contributed by atoms with E-state index in [1.165, 1.54) is 0 Å². The first-order chi connectivity index (χ1) is 10.2. The van der Waals surface area contributed by atoms with Crippen LogP contribution in [0.3, 0.4) is 0 Å². The summed E-state index contributed by atoms with van der Waals surface area (Å²) in [7, 11) is 3.12. The molecule has 1 rings (SSSR count). The molecule has 0 aliphatic carbocycles. The Bertz CT molecular complexity index is 412. The van der Waals surface area contributed by atoms with Gasteiger partial charge < -0.3 is 19.5 Å². The maximum absolute atomic E-state index is 12.1. The van der Waals surface area contributed by atoms with Crippen molar-refractivity contribution < 1.29 is 19.0 Å². The highest BCUT2D eigenvalue weighted by molar-refractivity contribution is 5.95. The Morgan fingerprint density at radius 2 is 1.67 bits per heavy atom. The van der Waals surface area contributed by atoms with E-state index < -0.39 is 0 Å². The van der Waals surface area contributed by atoms with Crippen LogP contribution in [0.1, 0.15) is 36.5 Å². The Morgan fingerprint density at radius 1 is 1.05 bits per heavy atom. The lowest BCUT2D eigenvalue weighted by Gasteiger charge is -2.09. The maximum atomic E-state index is 12.1. The van der Waals surface area contributed by atoms with Gasteiger partial charge in [0.15, 0.2) is 0 Å². The first-order valence-corrected chi connectivity index (χ1v) is 7.30. The quantitative estimate of drug-likeness (QED) is 0.674. The summed E-state index contributed by atoms with van der Waals surface area (Å²) in [5.74, 6) is 1.06. The van der Waals surface area contributed by atoms with Crippen molar-refractivity contribution in [2.24, 2.45) is 0 Å². The van der Waals surface area contributed by atoms with E-state index in [9.17, 15) is 4.79 Å². The molecule has 1 amide bonds. The summed E-state index contributed by atoms with van der Waals surface area (Å²) < 4.78 is 15.7. The summed E-state index contributed by atoms with van der Waals surface area (Å²) in [4.78, 5) is 12.1. The fourth-order valence-electron chi connectivity index (χ4n) is 1.77. The molecule has 0 heterocycles. The highest BCUT2D eigenvalue weighted by Crippen LogP contribution is 2.22. The summed E-state index contributed by atoms with van der Waals surface area (Å²) in [6.45, 7) is 4.18. The van der Waals surface area contributed by atoms with Gasteiger partial charge in [-0.05, 0) is 25.0 Å². The second kappa shape index (κ2) is 10.0. The fraction of sp³-hybridized carbons (Fsp3) is 0.562. The summed E-state index contributed by atoms with van der Waals surface area (Å²) in [5, 5.41) is 2.86. The number of methoxy groups -OCH3 is 2. The normalized spacial score (nSPS) is 10.2. The van der Waals surface area contributed by atoms with Gasteiger partial charge in [0.2, 0.25) is 0 Å². The van der Waals surface area contributed by atoms with E-state index in [-0.39, 0.29) is 5.91 Å². The third-order valence-corrected chi connectivity index (χ3v) is 3.01. The smallest absolute Gasteiger partial charge is 0.251 e. The van der Waals surface area contributed by atoms with Crippen molar-refractivity contribution in [3.8, 4) is 11.5 Å². The monoisotopic (exact) mass is 295 g/mol. The molecule has 0 saturated heterocycles. The van der Waals surface area contributed by atoms with Crippen LogP contribution < -0.4 is 14.8 Å². The second-order valence-corrected chi connectivity index (χ2v) is 4.68. The van der Waals surface area contributed by atoms with Crippen LogP contribution in [-0.2, 0) is 4.74 Å². The zero-order chi connectivity index (χ0) is 15.5. The third-order valence-electron chi connectivity index (χ3n) is 3.01. The molecule has 5 heteroatoms. The van der Waals surface area contributed by atoms with E-state index in [0.717, 1.165) is 25.9 Å². The number of carbonyl (C=O) groups excluding carboxylic acids is 1. The summed E-state index contributed by atoms with van der Waals surface area (Å²) in [5.41, 5.74) is 0.526. The minimum Gasteiger partial charge on any atom is -0.497 e. The number of hydrogen-bond donors (Lipinski definition) is 1. The lowest BCUT2D eigenvalue weighted by atomic mass is 10.2. The number of nitrogens with one attached hydrogen (secondary N) is 1. The average molecular weight is 295 g/mol. The van der Waals surface area contributed by atoms with E-state index in [1.54, 1.807) is 32.4 Å². The number of amides is 1. The maximum Gasteiger partial charge on any atom is 0.251 e. The molecule has 1 aromatic rings. The molecule has 0 saturated carbocycles. The fourth-order valence-corrected chi connectivity index (χ4v) is 1.77. The molecule has 0 spiro atoms. The molecule has 0 aliphatic heterocycles. The third kappa shape index (κ3) is 6.49. The van der Waals surface area contributed by atoms with Crippen LogP contribution in [0.25, 0.3) is 0 Å². The van der Waals surface area contributed by atoms with Crippen LogP contribution in [0.5, 0.6) is 11.5 Å². The van der Waals surface area contributed by atoms with Crippen molar-refractivity contribution >= 4 is 5.91 Å². The lowest BCUT2D eigenvalue weighted by Crippen LogP contribution is -2.25. The Labute approximate surface area is 126 Å². The molecule has 0 aromatic heterocycles. The Hall–Kier alpha value is -1.75. The van der Waals surface area contributed by atoms with Gasteiger partial charge in [0.1, 0.15) is 11.5 Å².